The van der Waals surface area contributed by atoms with E-state index >= 15 is 0 Å². The Balaban J connectivity index is 2.72. The highest BCUT2D eigenvalue weighted by atomic mass is 19.1. The van der Waals surface area contributed by atoms with Gasteiger partial charge in [0.1, 0.15) is 0 Å². The maximum Gasteiger partial charge on any atom is 0.165 e. The van der Waals surface area contributed by atoms with Gasteiger partial charge in [0.15, 0.2) is 11.6 Å². The fraction of sp³-hybridized carbons (Fsp3) is 0.400. The van der Waals surface area contributed by atoms with E-state index in [9.17, 15) is 8.78 Å². The monoisotopic (exact) mass is 202 g/mol. The SMILES string of the molecule is OCc1cccc(F)c1OCCCF. The van der Waals surface area contributed by atoms with Crippen LogP contribution in [-0.2, 0) is 6.61 Å². The first-order chi connectivity index (χ1) is 6.79. The highest BCUT2D eigenvalue weighted by molar-refractivity contribution is 5.34. The summed E-state index contributed by atoms with van der Waals surface area (Å²) in [6, 6.07) is 4.29. The average molecular weight is 202 g/mol. The molecule has 0 spiro atoms. The molecule has 0 saturated carbocycles. The first-order valence-corrected chi connectivity index (χ1v) is 4.36. The molecule has 0 radical (unpaired) electrons. The Bertz CT molecular complexity index is 289. The molecule has 78 valence electrons. The lowest BCUT2D eigenvalue weighted by Gasteiger charge is -2.09. The highest BCUT2D eigenvalue weighted by Crippen LogP contribution is 2.22. The molecule has 1 aromatic carbocycles. The van der Waals surface area contributed by atoms with E-state index in [1.165, 1.54) is 12.1 Å². The van der Waals surface area contributed by atoms with Crippen LogP contribution >= 0.6 is 0 Å². The fourth-order valence-corrected chi connectivity index (χ4v) is 1.07. The third-order valence-electron chi connectivity index (χ3n) is 1.74. The first-order valence-electron chi connectivity index (χ1n) is 4.36. The number of alkyl halides is 1. The Hall–Kier alpha value is -1.16. The summed E-state index contributed by atoms with van der Waals surface area (Å²) in [5, 5.41) is 8.88. The Kier molecular flexibility index (Phi) is 4.32. The molecule has 0 aliphatic heterocycles. The number of hydrogen-bond donors (Lipinski definition) is 1. The number of ether oxygens (including phenoxy) is 1. The Morgan fingerprint density at radius 2 is 2.14 bits per heavy atom. The quantitative estimate of drug-likeness (QED) is 0.740. The molecular formula is C10H12F2O2. The zero-order valence-electron chi connectivity index (χ0n) is 7.67. The van der Waals surface area contributed by atoms with Crippen molar-refractivity contribution in [3.05, 3.63) is 29.6 Å². The molecule has 1 N–H and O–H groups in total. The van der Waals surface area contributed by atoms with Gasteiger partial charge in [-0.25, -0.2) is 4.39 Å². The molecule has 0 aliphatic rings. The van der Waals surface area contributed by atoms with E-state index in [1.54, 1.807) is 6.07 Å². The molecule has 0 atom stereocenters. The minimum absolute atomic E-state index is 0.0171. The van der Waals surface area contributed by atoms with Crippen molar-refractivity contribution in [1.29, 1.82) is 0 Å². The predicted octanol–water partition coefficient (Wildman–Crippen LogP) is 2.06. The number of rotatable bonds is 5. The van der Waals surface area contributed by atoms with Crippen molar-refractivity contribution in [3.8, 4) is 5.75 Å². The lowest BCUT2D eigenvalue weighted by molar-refractivity contribution is 0.248. The van der Waals surface area contributed by atoms with Crippen LogP contribution in [0.1, 0.15) is 12.0 Å². The molecule has 1 rings (SSSR count). The van der Waals surface area contributed by atoms with Gasteiger partial charge in [0.05, 0.1) is 19.9 Å². The lowest BCUT2D eigenvalue weighted by Crippen LogP contribution is -2.03. The van der Waals surface area contributed by atoms with Gasteiger partial charge in [0.2, 0.25) is 0 Å². The summed E-state index contributed by atoms with van der Waals surface area (Å²) in [6.45, 7) is -0.671. The molecule has 4 heteroatoms. The first kappa shape index (κ1) is 10.9. The van der Waals surface area contributed by atoms with Crippen LogP contribution in [0.2, 0.25) is 0 Å². The Morgan fingerprint density at radius 3 is 2.79 bits per heavy atom. The van der Waals surface area contributed by atoms with Crippen LogP contribution in [0.4, 0.5) is 8.78 Å². The van der Waals surface area contributed by atoms with Crippen LogP contribution in [0.15, 0.2) is 18.2 Å². The minimum atomic E-state index is -0.532. The van der Waals surface area contributed by atoms with Crippen LogP contribution < -0.4 is 4.74 Å². The summed E-state index contributed by atoms with van der Waals surface area (Å²) in [7, 11) is 0. The second-order valence-corrected chi connectivity index (χ2v) is 2.78. The van der Waals surface area contributed by atoms with E-state index in [0.717, 1.165) is 0 Å². The van der Waals surface area contributed by atoms with E-state index in [0.29, 0.717) is 5.56 Å². The summed E-state index contributed by atoms with van der Waals surface area (Å²) >= 11 is 0. The molecule has 0 unspecified atom stereocenters. The van der Waals surface area contributed by atoms with Gasteiger partial charge in [0.25, 0.3) is 0 Å². The molecule has 0 aliphatic carbocycles. The van der Waals surface area contributed by atoms with Crippen molar-refractivity contribution in [2.75, 3.05) is 13.3 Å². The van der Waals surface area contributed by atoms with Gasteiger partial charge in [-0.3, -0.25) is 4.39 Å². The van der Waals surface area contributed by atoms with Crippen molar-refractivity contribution < 1.29 is 18.6 Å². The van der Waals surface area contributed by atoms with Crippen molar-refractivity contribution in [2.24, 2.45) is 0 Å². The van der Waals surface area contributed by atoms with Gasteiger partial charge in [-0.15, -0.1) is 0 Å². The predicted molar refractivity (Wildman–Crippen MR) is 48.4 cm³/mol. The van der Waals surface area contributed by atoms with E-state index in [1.807, 2.05) is 0 Å². The zero-order valence-corrected chi connectivity index (χ0v) is 7.67. The van der Waals surface area contributed by atoms with Crippen molar-refractivity contribution in [1.82, 2.24) is 0 Å². The standard InChI is InChI=1S/C10H12F2O2/c11-5-2-6-14-10-8(7-13)3-1-4-9(10)12/h1,3-4,13H,2,5-7H2. The summed E-state index contributed by atoms with van der Waals surface area (Å²) in [5.74, 6) is -0.515. The number of aliphatic hydroxyl groups excluding tert-OH is 1. The normalized spacial score (nSPS) is 10.2. The second kappa shape index (κ2) is 5.54. The van der Waals surface area contributed by atoms with E-state index < -0.39 is 12.5 Å². The molecule has 0 saturated heterocycles. The average Bonchev–Trinajstić information content (AvgIpc) is 2.20. The summed E-state index contributed by atoms with van der Waals surface area (Å²) in [4.78, 5) is 0. The van der Waals surface area contributed by atoms with Crippen LogP contribution in [0.3, 0.4) is 0 Å². The van der Waals surface area contributed by atoms with Crippen LogP contribution in [0.5, 0.6) is 5.75 Å². The zero-order chi connectivity index (χ0) is 10.4. The topological polar surface area (TPSA) is 29.5 Å². The summed E-state index contributed by atoms with van der Waals surface area (Å²) in [6.07, 6.45) is 0.221. The van der Waals surface area contributed by atoms with E-state index in [2.05, 4.69) is 0 Å². The fourth-order valence-electron chi connectivity index (χ4n) is 1.07. The molecule has 0 heterocycles. The molecule has 1 aromatic rings. The number of para-hydroxylation sites is 1. The Labute approximate surface area is 81.1 Å². The van der Waals surface area contributed by atoms with Gasteiger partial charge >= 0.3 is 0 Å². The molecule has 0 fully saturated rings. The second-order valence-electron chi connectivity index (χ2n) is 2.78. The van der Waals surface area contributed by atoms with Crippen LogP contribution in [0.25, 0.3) is 0 Å². The van der Waals surface area contributed by atoms with Gasteiger partial charge in [-0.1, -0.05) is 12.1 Å². The maximum atomic E-state index is 13.1. The maximum absolute atomic E-state index is 13.1. The lowest BCUT2D eigenvalue weighted by atomic mass is 10.2. The highest BCUT2D eigenvalue weighted by Gasteiger charge is 2.08. The molecular weight excluding hydrogens is 190 g/mol. The van der Waals surface area contributed by atoms with E-state index in [4.69, 9.17) is 9.84 Å². The van der Waals surface area contributed by atoms with Gasteiger partial charge < -0.3 is 9.84 Å². The van der Waals surface area contributed by atoms with Gasteiger partial charge in [0, 0.05) is 12.0 Å². The third-order valence-corrected chi connectivity index (χ3v) is 1.74. The van der Waals surface area contributed by atoms with Crippen LogP contribution in [0, 0.1) is 5.82 Å². The van der Waals surface area contributed by atoms with Crippen molar-refractivity contribution in [2.45, 2.75) is 13.0 Å². The largest absolute Gasteiger partial charge is 0.490 e. The van der Waals surface area contributed by atoms with Gasteiger partial charge in [-0.05, 0) is 6.07 Å². The van der Waals surface area contributed by atoms with Gasteiger partial charge in [-0.2, -0.15) is 0 Å². The number of halogens is 2. The molecule has 0 amide bonds. The molecule has 14 heavy (non-hydrogen) atoms. The summed E-state index contributed by atoms with van der Waals surface area (Å²) < 4.78 is 29.9. The minimum Gasteiger partial charge on any atom is -0.490 e. The smallest absolute Gasteiger partial charge is 0.165 e. The summed E-state index contributed by atoms with van der Waals surface area (Å²) in [5.41, 5.74) is 0.379. The van der Waals surface area contributed by atoms with E-state index in [-0.39, 0.29) is 25.4 Å². The number of benzene rings is 1. The molecule has 0 aromatic heterocycles. The van der Waals surface area contributed by atoms with Crippen molar-refractivity contribution in [3.63, 3.8) is 0 Å². The number of hydrogen-bond acceptors (Lipinski definition) is 2. The molecule has 0 bridgehead atoms. The molecule has 2 nitrogen and oxygen atoms in total. The van der Waals surface area contributed by atoms with Crippen molar-refractivity contribution >= 4 is 0 Å². The van der Waals surface area contributed by atoms with Crippen LogP contribution in [-0.4, -0.2) is 18.4 Å². The number of aliphatic hydroxyl groups is 1. The Morgan fingerprint density at radius 1 is 1.36 bits per heavy atom. The third kappa shape index (κ3) is 2.67.